The summed E-state index contributed by atoms with van der Waals surface area (Å²) in [5, 5.41) is 20.8. The van der Waals surface area contributed by atoms with E-state index < -0.39 is 28.8 Å². The van der Waals surface area contributed by atoms with E-state index in [4.69, 9.17) is 10.2 Å². The second-order valence-corrected chi connectivity index (χ2v) is 5.54. The number of aliphatic carboxylic acids is 1. The van der Waals surface area contributed by atoms with E-state index in [2.05, 4.69) is 5.32 Å². The Morgan fingerprint density at radius 3 is 2.19 bits per heavy atom. The summed E-state index contributed by atoms with van der Waals surface area (Å²) in [6.07, 6.45) is 1.56. The minimum atomic E-state index is -0.918. The Kier molecular flexibility index (Phi) is 2.28. The largest absolute Gasteiger partial charge is 0.481 e. The van der Waals surface area contributed by atoms with Gasteiger partial charge in [0.1, 0.15) is 0 Å². The highest BCUT2D eigenvalue weighted by Crippen LogP contribution is 2.58. The lowest BCUT2D eigenvalue weighted by Gasteiger charge is -2.14. The van der Waals surface area contributed by atoms with Gasteiger partial charge in [0.15, 0.2) is 0 Å². The molecule has 5 nitrogen and oxygen atoms in total. The van der Waals surface area contributed by atoms with Crippen molar-refractivity contribution >= 4 is 11.9 Å². The van der Waals surface area contributed by atoms with Gasteiger partial charge < -0.3 is 15.5 Å². The third kappa shape index (κ3) is 1.59. The maximum atomic E-state index is 11.9. The Morgan fingerprint density at radius 1 is 1.31 bits per heavy atom. The number of carbonyl (C=O) groups excluding carboxylic acids is 1. The molecule has 2 aliphatic carbocycles. The number of carboxylic acid groups (broad SMARTS) is 1. The third-order valence-corrected chi connectivity index (χ3v) is 3.92. The van der Waals surface area contributed by atoms with Gasteiger partial charge in [0.2, 0.25) is 5.91 Å². The first-order chi connectivity index (χ1) is 7.34. The number of hydrogen-bond donors (Lipinski definition) is 3. The summed E-state index contributed by atoms with van der Waals surface area (Å²) < 4.78 is 0. The molecule has 5 heteroatoms. The zero-order chi connectivity index (χ0) is 12.1. The lowest BCUT2D eigenvalue weighted by Crippen LogP contribution is -2.41. The van der Waals surface area contributed by atoms with Crippen LogP contribution in [0.2, 0.25) is 0 Å². The first kappa shape index (κ1) is 11.4. The number of nitrogens with one attached hydrogen (secondary N) is 1. The number of carboxylic acids is 1. The van der Waals surface area contributed by atoms with Crippen LogP contribution in [0.5, 0.6) is 0 Å². The van der Waals surface area contributed by atoms with E-state index in [9.17, 15) is 9.59 Å². The number of amides is 1. The fraction of sp³-hybridized carbons (Fsp3) is 0.818. The molecule has 0 heterocycles. The zero-order valence-corrected chi connectivity index (χ0v) is 9.49. The van der Waals surface area contributed by atoms with Gasteiger partial charge in [0, 0.05) is 0 Å². The number of carbonyl (C=O) groups is 2. The first-order valence-electron chi connectivity index (χ1n) is 5.50. The lowest BCUT2D eigenvalue weighted by atomic mass is 10.1. The summed E-state index contributed by atoms with van der Waals surface area (Å²) in [6, 6.07) is 0. The molecule has 2 saturated carbocycles. The Morgan fingerprint density at radius 2 is 1.88 bits per heavy atom. The second kappa shape index (κ2) is 3.20. The molecule has 0 spiro atoms. The molecular formula is C11H17NO4. The number of aliphatic hydroxyl groups is 1. The van der Waals surface area contributed by atoms with E-state index in [0.29, 0.717) is 0 Å². The van der Waals surface area contributed by atoms with Gasteiger partial charge in [-0.1, -0.05) is 13.8 Å². The van der Waals surface area contributed by atoms with Crippen molar-refractivity contribution in [2.75, 3.05) is 6.61 Å². The van der Waals surface area contributed by atoms with E-state index in [1.54, 1.807) is 13.8 Å². The maximum Gasteiger partial charge on any atom is 0.307 e. The van der Waals surface area contributed by atoms with Gasteiger partial charge in [-0.05, 0) is 18.3 Å². The van der Waals surface area contributed by atoms with Crippen LogP contribution < -0.4 is 5.32 Å². The highest BCUT2D eigenvalue weighted by molar-refractivity contribution is 5.92. The van der Waals surface area contributed by atoms with Crippen molar-refractivity contribution in [2.45, 2.75) is 32.2 Å². The molecule has 2 fully saturated rings. The number of rotatable bonds is 4. The molecule has 90 valence electrons. The van der Waals surface area contributed by atoms with Crippen molar-refractivity contribution < 1.29 is 19.8 Å². The molecule has 0 aromatic heterocycles. The predicted molar refractivity (Wildman–Crippen MR) is 55.6 cm³/mol. The Hall–Kier alpha value is -1.10. The van der Waals surface area contributed by atoms with Gasteiger partial charge in [-0.25, -0.2) is 0 Å². The predicted octanol–water partition coefficient (Wildman–Crippen LogP) is -0.0157. The van der Waals surface area contributed by atoms with Crippen molar-refractivity contribution in [2.24, 2.45) is 17.3 Å². The molecule has 0 bridgehead atoms. The van der Waals surface area contributed by atoms with Gasteiger partial charge in [-0.15, -0.1) is 0 Å². The third-order valence-electron chi connectivity index (χ3n) is 3.92. The minimum Gasteiger partial charge on any atom is -0.481 e. The van der Waals surface area contributed by atoms with Crippen molar-refractivity contribution in [3.8, 4) is 0 Å². The smallest absolute Gasteiger partial charge is 0.307 e. The average molecular weight is 227 g/mol. The molecule has 0 aromatic carbocycles. The average Bonchev–Trinajstić information content (AvgIpc) is 3.02. The van der Waals surface area contributed by atoms with E-state index in [-0.39, 0.29) is 12.5 Å². The van der Waals surface area contributed by atoms with E-state index in [1.807, 2.05) is 0 Å². The second-order valence-electron chi connectivity index (χ2n) is 5.54. The molecule has 0 aromatic rings. The monoisotopic (exact) mass is 227 g/mol. The molecule has 2 atom stereocenters. The van der Waals surface area contributed by atoms with Crippen molar-refractivity contribution in [1.82, 2.24) is 5.32 Å². The molecule has 16 heavy (non-hydrogen) atoms. The lowest BCUT2D eigenvalue weighted by molar-refractivity contribution is -0.140. The summed E-state index contributed by atoms with van der Waals surface area (Å²) in [6.45, 7) is 3.51. The molecule has 3 N–H and O–H groups in total. The number of aliphatic hydroxyl groups excluding tert-OH is 1. The van der Waals surface area contributed by atoms with Crippen molar-refractivity contribution in [3.05, 3.63) is 0 Å². The minimum absolute atomic E-state index is 0.0658. The molecule has 1 amide bonds. The standard InChI is InChI=1S/C11H17NO4/c1-10(2)6(7(10)9(15)16)8(14)12-11(5-13)3-4-11/h6-7,13H,3-5H2,1-2H3,(H,12,14)(H,15,16)/t6-,7+/m1/s1. The summed E-state index contributed by atoms with van der Waals surface area (Å²) in [5.74, 6) is -2.21. The summed E-state index contributed by atoms with van der Waals surface area (Å²) in [7, 11) is 0. The van der Waals surface area contributed by atoms with Crippen LogP contribution in [0, 0.1) is 17.3 Å². The van der Waals surface area contributed by atoms with Crippen LogP contribution in [-0.2, 0) is 9.59 Å². The first-order valence-corrected chi connectivity index (χ1v) is 5.50. The van der Waals surface area contributed by atoms with Gasteiger partial charge in [-0.2, -0.15) is 0 Å². The summed E-state index contributed by atoms with van der Waals surface area (Å²) in [4.78, 5) is 22.8. The van der Waals surface area contributed by atoms with Gasteiger partial charge >= 0.3 is 5.97 Å². The van der Waals surface area contributed by atoms with Crippen molar-refractivity contribution in [1.29, 1.82) is 0 Å². The molecule has 2 aliphatic rings. The quantitative estimate of drug-likeness (QED) is 0.630. The normalized spacial score (nSPS) is 32.9. The van der Waals surface area contributed by atoms with Crippen LogP contribution in [0.3, 0.4) is 0 Å². The van der Waals surface area contributed by atoms with Crippen LogP contribution in [0.15, 0.2) is 0 Å². The molecule has 0 radical (unpaired) electrons. The van der Waals surface area contributed by atoms with Crippen LogP contribution in [-0.4, -0.2) is 34.2 Å². The molecule has 2 rings (SSSR count). The summed E-state index contributed by atoms with van der Waals surface area (Å²) in [5.41, 5.74) is -0.930. The Bertz CT molecular complexity index is 346. The summed E-state index contributed by atoms with van der Waals surface area (Å²) >= 11 is 0. The fourth-order valence-electron chi connectivity index (χ4n) is 2.40. The van der Waals surface area contributed by atoms with Gasteiger partial charge in [0.25, 0.3) is 0 Å². The Balaban J connectivity index is 1.99. The van der Waals surface area contributed by atoms with Crippen LogP contribution in [0.25, 0.3) is 0 Å². The van der Waals surface area contributed by atoms with Gasteiger partial charge in [-0.3, -0.25) is 9.59 Å². The molecular weight excluding hydrogens is 210 g/mol. The topological polar surface area (TPSA) is 86.6 Å². The zero-order valence-electron chi connectivity index (χ0n) is 9.49. The van der Waals surface area contributed by atoms with Crippen LogP contribution >= 0.6 is 0 Å². The highest BCUT2D eigenvalue weighted by Gasteiger charge is 2.66. The SMILES string of the molecule is CC1(C)[C@H](C(=O)O)[C@@H]1C(=O)NC1(CO)CC1. The number of hydrogen-bond acceptors (Lipinski definition) is 3. The van der Waals surface area contributed by atoms with E-state index >= 15 is 0 Å². The maximum absolute atomic E-state index is 11.9. The van der Waals surface area contributed by atoms with Gasteiger partial charge in [0.05, 0.1) is 24.0 Å². The van der Waals surface area contributed by atoms with Crippen LogP contribution in [0.4, 0.5) is 0 Å². The highest BCUT2D eigenvalue weighted by atomic mass is 16.4. The molecule has 0 saturated heterocycles. The molecule has 0 unspecified atom stereocenters. The van der Waals surface area contributed by atoms with Crippen LogP contribution in [0.1, 0.15) is 26.7 Å². The van der Waals surface area contributed by atoms with E-state index in [0.717, 1.165) is 12.8 Å². The molecule has 0 aliphatic heterocycles. The van der Waals surface area contributed by atoms with E-state index in [1.165, 1.54) is 0 Å². The fourth-order valence-corrected chi connectivity index (χ4v) is 2.40. The Labute approximate surface area is 93.8 Å². The van der Waals surface area contributed by atoms with Crippen molar-refractivity contribution in [3.63, 3.8) is 0 Å².